The molecule has 1 aliphatic heterocycles. The molecule has 1 unspecified atom stereocenters. The second-order valence-corrected chi connectivity index (χ2v) is 16.3. The second-order valence-electron chi connectivity index (χ2n) is 15.5. The summed E-state index contributed by atoms with van der Waals surface area (Å²) in [6, 6.07) is 20.2. The van der Waals surface area contributed by atoms with Crippen molar-refractivity contribution in [1.82, 2.24) is 33.5 Å². The van der Waals surface area contributed by atoms with Crippen molar-refractivity contribution in [1.29, 1.82) is 0 Å². The molecule has 12 heteroatoms. The minimum absolute atomic E-state index is 0.144. The lowest BCUT2D eigenvalue weighted by Gasteiger charge is -2.38. The molecule has 1 amide bonds. The van der Waals surface area contributed by atoms with Crippen LogP contribution in [0.5, 0.6) is 5.75 Å². The van der Waals surface area contributed by atoms with Gasteiger partial charge in [0.1, 0.15) is 16.9 Å². The van der Waals surface area contributed by atoms with Crippen molar-refractivity contribution in [3.05, 3.63) is 117 Å². The molecule has 1 aliphatic rings. The number of aromatic nitrogens is 7. The van der Waals surface area contributed by atoms with Crippen LogP contribution in [0.4, 0.5) is 5.69 Å². The van der Waals surface area contributed by atoms with Crippen molar-refractivity contribution in [2.24, 2.45) is 14.1 Å². The molecule has 57 heavy (non-hydrogen) atoms. The van der Waals surface area contributed by atoms with Gasteiger partial charge in [-0.05, 0) is 119 Å². The van der Waals surface area contributed by atoms with Gasteiger partial charge in [0.05, 0.1) is 29.5 Å². The van der Waals surface area contributed by atoms with Crippen LogP contribution in [-0.4, -0.2) is 51.5 Å². The summed E-state index contributed by atoms with van der Waals surface area (Å²) >= 11 is 14.0. The molecule has 0 saturated carbocycles. The average Bonchev–Trinajstić information content (AvgIpc) is 3.91. The van der Waals surface area contributed by atoms with Gasteiger partial charge in [-0.2, -0.15) is 5.10 Å². The number of aryl methyl sites for hydroxylation is 7. The van der Waals surface area contributed by atoms with Crippen molar-refractivity contribution in [3.63, 3.8) is 0 Å². The maximum absolute atomic E-state index is 15.4. The molecule has 0 saturated heterocycles. The number of hydrogen-bond donors (Lipinski definition) is 0. The topological polar surface area (TPSA) is 87.4 Å². The van der Waals surface area contributed by atoms with Crippen LogP contribution in [-0.2, 0) is 20.5 Å². The molecule has 0 N–H and O–H groups in total. The summed E-state index contributed by atoms with van der Waals surface area (Å²) in [6.07, 6.45) is 5.24. The number of anilines is 1. The average molecular weight is 800 g/mol. The van der Waals surface area contributed by atoms with Crippen LogP contribution in [0.2, 0.25) is 5.02 Å². The van der Waals surface area contributed by atoms with Gasteiger partial charge in [-0.15, -0.1) is 5.10 Å². The number of pyridine rings is 1. The van der Waals surface area contributed by atoms with Gasteiger partial charge in [-0.1, -0.05) is 41.4 Å². The fourth-order valence-corrected chi connectivity index (χ4v) is 9.15. The van der Waals surface area contributed by atoms with Gasteiger partial charge in [0.2, 0.25) is 0 Å². The Hall–Kier alpha value is -5.58. The minimum Gasteiger partial charge on any atom is -0.494 e. The first kappa shape index (κ1) is 37.0. The highest BCUT2D eigenvalue weighted by Gasteiger charge is 2.42. The van der Waals surface area contributed by atoms with E-state index in [1.807, 2.05) is 93.8 Å². The Morgan fingerprint density at radius 3 is 2.42 bits per heavy atom. The summed E-state index contributed by atoms with van der Waals surface area (Å²) in [7, 11) is 3.96. The fourth-order valence-electron chi connectivity index (χ4n) is 8.73. The first-order valence-electron chi connectivity index (χ1n) is 19.3. The van der Waals surface area contributed by atoms with Gasteiger partial charge in [-0.25, -0.2) is 9.50 Å². The Kier molecular flexibility index (Phi) is 8.97. The third-order valence-corrected chi connectivity index (χ3v) is 12.8. The second kappa shape index (κ2) is 13.8. The van der Waals surface area contributed by atoms with Crippen LogP contribution in [0.25, 0.3) is 50.0 Å². The number of carbonyl (C=O) groups excluding carboxylic acids is 1. The molecule has 290 valence electrons. The van der Waals surface area contributed by atoms with E-state index in [0.29, 0.717) is 31.0 Å². The Morgan fingerprint density at radius 1 is 0.912 bits per heavy atom. The summed E-state index contributed by atoms with van der Waals surface area (Å²) in [5.41, 5.74) is 12.4. The van der Waals surface area contributed by atoms with E-state index in [-0.39, 0.29) is 11.9 Å². The van der Waals surface area contributed by atoms with E-state index in [1.165, 1.54) is 0 Å². The maximum Gasteiger partial charge on any atom is 0.276 e. The number of amides is 1. The van der Waals surface area contributed by atoms with Crippen molar-refractivity contribution in [2.45, 2.75) is 65.9 Å². The molecular weight excluding hydrogens is 755 g/mol. The third kappa shape index (κ3) is 5.91. The zero-order chi connectivity index (χ0) is 40.0. The van der Waals surface area contributed by atoms with Gasteiger partial charge in [0.25, 0.3) is 5.91 Å². The first-order chi connectivity index (χ1) is 27.3. The predicted octanol–water partition coefficient (Wildman–Crippen LogP) is 10.2. The number of nitrogens with zero attached hydrogens (tertiary/aromatic N) is 8. The number of fused-ring (bicyclic) bond motifs is 5. The van der Waals surface area contributed by atoms with Gasteiger partial charge in [-0.3, -0.25) is 14.4 Å². The van der Waals surface area contributed by atoms with Crippen LogP contribution < -0.4 is 9.64 Å². The molecule has 0 aliphatic carbocycles. The maximum atomic E-state index is 15.4. The number of alkyl halides is 1. The predicted molar refractivity (Wildman–Crippen MR) is 229 cm³/mol. The monoisotopic (exact) mass is 798 g/mol. The zero-order valence-electron chi connectivity index (χ0n) is 33.4. The van der Waals surface area contributed by atoms with E-state index in [9.17, 15) is 0 Å². The molecule has 0 bridgehead atoms. The van der Waals surface area contributed by atoms with Crippen LogP contribution in [0.3, 0.4) is 0 Å². The Morgan fingerprint density at radius 2 is 1.68 bits per heavy atom. The quantitative estimate of drug-likeness (QED) is 0.0868. The van der Waals surface area contributed by atoms with E-state index in [4.69, 9.17) is 43.1 Å². The molecule has 0 spiro atoms. The van der Waals surface area contributed by atoms with Gasteiger partial charge in [0.15, 0.2) is 11.5 Å². The number of benzene rings is 3. The molecule has 2 atom stereocenters. The molecular formula is C45H44Cl2N8O2. The van der Waals surface area contributed by atoms with Crippen LogP contribution in [0.1, 0.15) is 63.5 Å². The summed E-state index contributed by atoms with van der Waals surface area (Å²) in [4.78, 5) is 22.0. The van der Waals surface area contributed by atoms with Crippen LogP contribution in [0, 0.1) is 34.6 Å². The van der Waals surface area contributed by atoms with Crippen molar-refractivity contribution >= 4 is 62.2 Å². The van der Waals surface area contributed by atoms with E-state index in [2.05, 4.69) is 48.7 Å². The molecule has 0 fully saturated rings. The molecule has 8 aromatic rings. The van der Waals surface area contributed by atoms with E-state index in [0.717, 1.165) is 94.2 Å². The number of para-hydroxylation sites is 1. The molecule has 5 aromatic heterocycles. The molecule has 6 heterocycles. The Balaban J connectivity index is 1.17. The summed E-state index contributed by atoms with van der Waals surface area (Å²) in [5.74, 6) is 1.25. The normalized spacial score (nSPS) is 15.8. The lowest BCUT2D eigenvalue weighted by atomic mass is 9.98. The highest BCUT2D eigenvalue weighted by Crippen LogP contribution is 2.46. The van der Waals surface area contributed by atoms with Gasteiger partial charge >= 0.3 is 0 Å². The number of ether oxygens (including phenoxy) is 1. The fraction of sp³-hybridized carbons (Fsp3) is 0.289. The van der Waals surface area contributed by atoms with E-state index >= 15 is 4.79 Å². The van der Waals surface area contributed by atoms with Gasteiger partial charge < -0.3 is 13.9 Å². The largest absolute Gasteiger partial charge is 0.494 e. The summed E-state index contributed by atoms with van der Waals surface area (Å²) < 4.78 is 14.2. The smallest absolute Gasteiger partial charge is 0.276 e. The number of hydrogen-bond acceptors (Lipinski definition) is 5. The highest BCUT2D eigenvalue weighted by atomic mass is 35.5. The Bertz CT molecular complexity index is 2910. The zero-order valence-corrected chi connectivity index (χ0v) is 34.9. The number of rotatable bonds is 8. The van der Waals surface area contributed by atoms with E-state index < -0.39 is 5.50 Å². The van der Waals surface area contributed by atoms with Crippen molar-refractivity contribution < 1.29 is 9.53 Å². The van der Waals surface area contributed by atoms with Gasteiger partial charge in [0, 0.05) is 70.2 Å². The molecule has 9 rings (SSSR count). The standard InChI is InChI=1S/C45H44Cl2N8O2/c1-24-16-17-53-38(19-24)48-44(50-53)30-14-15-36-35(22-30)37(23-51(36)7)55-43(47)29(6)54-41-32(11-9-12-34(41)39-27(4)49-52(8)28(39)5)33(42(54)45(55)56)13-10-18-57-31-20-25(2)40(46)26(3)21-31/h9,11-12,14-17,19-23,29,43H,10,13,18H2,1-8H3/t29?,43-/m0/s1. The first-order valence-corrected chi connectivity index (χ1v) is 20.1. The highest BCUT2D eigenvalue weighted by molar-refractivity contribution is 6.32. The van der Waals surface area contributed by atoms with Crippen LogP contribution in [0.15, 0.2) is 73.1 Å². The Labute approximate surface area is 341 Å². The number of halogens is 2. The molecule has 0 radical (unpaired) electrons. The SMILES string of the molecule is Cc1ccn2nc(-c3ccc4c(c3)c(N3C(=O)c5c(CCCOc6cc(C)c(Cl)c(C)c6)c6cccc(-c7c(C)nn(C)c7C)c6n5C(C)[C@H]3Cl)cn4C)nc2c1. The number of carbonyl (C=O) groups is 1. The van der Waals surface area contributed by atoms with Crippen molar-refractivity contribution in [2.75, 3.05) is 11.5 Å². The lowest BCUT2D eigenvalue weighted by Crippen LogP contribution is -2.47. The lowest BCUT2D eigenvalue weighted by molar-refractivity contribution is 0.0951. The van der Waals surface area contributed by atoms with Crippen molar-refractivity contribution in [3.8, 4) is 28.3 Å². The minimum atomic E-state index is -0.692. The van der Waals surface area contributed by atoms with E-state index in [1.54, 1.807) is 9.42 Å². The summed E-state index contributed by atoms with van der Waals surface area (Å²) in [5, 5.41) is 12.2. The molecule has 3 aromatic carbocycles. The van der Waals surface area contributed by atoms with Crippen LogP contribution >= 0.6 is 23.2 Å². The summed E-state index contributed by atoms with van der Waals surface area (Å²) in [6.45, 7) is 12.7. The molecule has 10 nitrogen and oxygen atoms in total. The third-order valence-electron chi connectivity index (χ3n) is 11.6.